The fourth-order valence-electron chi connectivity index (χ4n) is 3.17. The number of carbonyl (C=O) groups excluding carboxylic acids is 2. The lowest BCUT2D eigenvalue weighted by atomic mass is 10.1. The van der Waals surface area contributed by atoms with Crippen LogP contribution in [0.25, 0.3) is 5.69 Å². The van der Waals surface area contributed by atoms with Gasteiger partial charge < -0.3 is 10.2 Å². The molecule has 0 aliphatic carbocycles. The highest BCUT2D eigenvalue weighted by molar-refractivity contribution is 6.04. The van der Waals surface area contributed by atoms with E-state index in [1.807, 2.05) is 66.9 Å². The van der Waals surface area contributed by atoms with Crippen LogP contribution in [-0.4, -0.2) is 28.1 Å². The van der Waals surface area contributed by atoms with Crippen LogP contribution in [0.1, 0.15) is 6.42 Å². The van der Waals surface area contributed by atoms with Gasteiger partial charge in [-0.1, -0.05) is 30.3 Å². The Hall–Kier alpha value is -3.41. The SMILES string of the molecule is O=C(Nc1ccccc1-n1cccn1)[C@@H]1CC(=O)N(c2ccccc2)C1. The topological polar surface area (TPSA) is 67.2 Å². The first-order valence-corrected chi connectivity index (χ1v) is 8.48. The largest absolute Gasteiger partial charge is 0.324 e. The summed E-state index contributed by atoms with van der Waals surface area (Å²) in [6.07, 6.45) is 3.72. The molecular weight excluding hydrogens is 328 g/mol. The van der Waals surface area contributed by atoms with E-state index >= 15 is 0 Å². The molecule has 2 amide bonds. The first kappa shape index (κ1) is 16.1. The molecule has 1 saturated heterocycles. The van der Waals surface area contributed by atoms with Crippen LogP contribution in [0.4, 0.5) is 11.4 Å². The lowest BCUT2D eigenvalue weighted by molar-refractivity contribution is -0.122. The number of nitrogens with one attached hydrogen (secondary N) is 1. The molecule has 6 nitrogen and oxygen atoms in total. The quantitative estimate of drug-likeness (QED) is 0.790. The number of nitrogens with zero attached hydrogens (tertiary/aromatic N) is 3. The molecule has 4 rings (SSSR count). The van der Waals surface area contributed by atoms with Gasteiger partial charge in [-0.15, -0.1) is 0 Å². The minimum absolute atomic E-state index is 0.0308. The zero-order chi connectivity index (χ0) is 17.9. The minimum atomic E-state index is -0.381. The normalized spacial score (nSPS) is 16.7. The number of carbonyl (C=O) groups is 2. The van der Waals surface area contributed by atoms with Gasteiger partial charge in [0, 0.05) is 31.0 Å². The van der Waals surface area contributed by atoms with E-state index in [0.29, 0.717) is 12.2 Å². The molecule has 2 heterocycles. The molecule has 0 spiro atoms. The molecule has 1 aromatic heterocycles. The molecule has 0 radical (unpaired) electrons. The fourth-order valence-corrected chi connectivity index (χ4v) is 3.17. The maximum Gasteiger partial charge on any atom is 0.229 e. The van der Waals surface area contributed by atoms with Gasteiger partial charge in [-0.2, -0.15) is 5.10 Å². The van der Waals surface area contributed by atoms with Crippen LogP contribution in [0.2, 0.25) is 0 Å². The maximum absolute atomic E-state index is 12.7. The zero-order valence-corrected chi connectivity index (χ0v) is 14.1. The molecule has 1 fully saturated rings. The van der Waals surface area contributed by atoms with Gasteiger partial charge in [-0.25, -0.2) is 4.68 Å². The van der Waals surface area contributed by atoms with Gasteiger partial charge in [0.05, 0.1) is 17.3 Å². The Morgan fingerprint density at radius 2 is 1.81 bits per heavy atom. The van der Waals surface area contributed by atoms with E-state index in [0.717, 1.165) is 11.4 Å². The number of para-hydroxylation sites is 3. The predicted molar refractivity (Wildman–Crippen MR) is 99.1 cm³/mol. The zero-order valence-electron chi connectivity index (χ0n) is 14.1. The Labute approximate surface area is 151 Å². The number of aromatic nitrogens is 2. The summed E-state index contributed by atoms with van der Waals surface area (Å²) in [6, 6.07) is 18.7. The Morgan fingerprint density at radius 1 is 1.04 bits per heavy atom. The Balaban J connectivity index is 1.51. The van der Waals surface area contributed by atoms with E-state index in [9.17, 15) is 9.59 Å². The van der Waals surface area contributed by atoms with Crippen molar-refractivity contribution in [3.05, 3.63) is 73.1 Å². The second-order valence-corrected chi connectivity index (χ2v) is 6.20. The van der Waals surface area contributed by atoms with Gasteiger partial charge >= 0.3 is 0 Å². The first-order chi connectivity index (χ1) is 12.7. The number of anilines is 2. The molecule has 3 aromatic rings. The second-order valence-electron chi connectivity index (χ2n) is 6.20. The summed E-state index contributed by atoms with van der Waals surface area (Å²) < 4.78 is 1.70. The van der Waals surface area contributed by atoms with Crippen molar-refractivity contribution in [2.45, 2.75) is 6.42 Å². The monoisotopic (exact) mass is 346 g/mol. The summed E-state index contributed by atoms with van der Waals surface area (Å²) in [5.74, 6) is -0.568. The summed E-state index contributed by atoms with van der Waals surface area (Å²) in [4.78, 5) is 26.7. The third-order valence-corrected chi connectivity index (χ3v) is 4.48. The van der Waals surface area contributed by atoms with Crippen LogP contribution in [-0.2, 0) is 9.59 Å². The number of benzene rings is 2. The number of rotatable bonds is 4. The standard InChI is InChI=1S/C20H18N4O2/c25-19-13-15(14-23(19)16-7-2-1-3-8-16)20(26)22-17-9-4-5-10-18(17)24-12-6-11-21-24/h1-12,15H,13-14H2,(H,22,26)/t15-/m1/s1. The van der Waals surface area contributed by atoms with Crippen molar-refractivity contribution in [3.63, 3.8) is 0 Å². The maximum atomic E-state index is 12.7. The Morgan fingerprint density at radius 3 is 2.58 bits per heavy atom. The van der Waals surface area contributed by atoms with Gasteiger partial charge in [-0.05, 0) is 30.3 Å². The van der Waals surface area contributed by atoms with Gasteiger partial charge in [0.1, 0.15) is 0 Å². The van der Waals surface area contributed by atoms with E-state index in [2.05, 4.69) is 10.4 Å². The molecule has 6 heteroatoms. The van der Waals surface area contributed by atoms with Crippen LogP contribution in [0.5, 0.6) is 0 Å². The van der Waals surface area contributed by atoms with E-state index in [4.69, 9.17) is 0 Å². The molecule has 0 unspecified atom stereocenters. The van der Waals surface area contributed by atoms with E-state index in [1.165, 1.54) is 0 Å². The lowest BCUT2D eigenvalue weighted by Gasteiger charge is -2.17. The van der Waals surface area contributed by atoms with Crippen LogP contribution < -0.4 is 10.2 Å². The van der Waals surface area contributed by atoms with E-state index in [-0.39, 0.29) is 24.2 Å². The van der Waals surface area contributed by atoms with Crippen molar-refractivity contribution < 1.29 is 9.59 Å². The van der Waals surface area contributed by atoms with Gasteiger partial charge in [0.15, 0.2) is 0 Å². The van der Waals surface area contributed by atoms with Crippen LogP contribution in [0.15, 0.2) is 73.1 Å². The molecule has 2 aromatic carbocycles. The third-order valence-electron chi connectivity index (χ3n) is 4.48. The highest BCUT2D eigenvalue weighted by Gasteiger charge is 2.35. The average molecular weight is 346 g/mol. The van der Waals surface area contributed by atoms with Crippen LogP contribution in [0.3, 0.4) is 0 Å². The molecule has 0 bridgehead atoms. The number of amides is 2. The molecule has 0 saturated carbocycles. The fraction of sp³-hybridized carbons (Fsp3) is 0.150. The smallest absolute Gasteiger partial charge is 0.229 e. The number of hydrogen-bond donors (Lipinski definition) is 1. The molecule has 130 valence electrons. The molecule has 1 atom stereocenters. The molecule has 1 aliphatic heterocycles. The van der Waals surface area contributed by atoms with E-state index in [1.54, 1.807) is 15.8 Å². The van der Waals surface area contributed by atoms with Crippen molar-refractivity contribution in [1.29, 1.82) is 0 Å². The minimum Gasteiger partial charge on any atom is -0.324 e. The van der Waals surface area contributed by atoms with Crippen molar-refractivity contribution in [2.75, 3.05) is 16.8 Å². The molecule has 26 heavy (non-hydrogen) atoms. The average Bonchev–Trinajstić information content (AvgIpc) is 3.33. The van der Waals surface area contributed by atoms with Crippen LogP contribution >= 0.6 is 0 Å². The summed E-state index contributed by atoms with van der Waals surface area (Å²) in [6.45, 7) is 0.388. The predicted octanol–water partition coefficient (Wildman–Crippen LogP) is 2.86. The molecular formula is C20H18N4O2. The van der Waals surface area contributed by atoms with Gasteiger partial charge in [0.2, 0.25) is 11.8 Å². The van der Waals surface area contributed by atoms with Crippen molar-refractivity contribution in [2.24, 2.45) is 5.92 Å². The highest BCUT2D eigenvalue weighted by Crippen LogP contribution is 2.27. The first-order valence-electron chi connectivity index (χ1n) is 8.48. The third kappa shape index (κ3) is 3.09. The Kier molecular flexibility index (Phi) is 4.23. The summed E-state index contributed by atoms with van der Waals surface area (Å²) >= 11 is 0. The summed E-state index contributed by atoms with van der Waals surface area (Å²) in [7, 11) is 0. The summed E-state index contributed by atoms with van der Waals surface area (Å²) in [5, 5.41) is 7.17. The number of hydrogen-bond acceptors (Lipinski definition) is 3. The van der Waals surface area contributed by atoms with Crippen molar-refractivity contribution >= 4 is 23.2 Å². The van der Waals surface area contributed by atoms with Crippen molar-refractivity contribution in [3.8, 4) is 5.69 Å². The molecule has 1 aliphatic rings. The second kappa shape index (κ2) is 6.84. The van der Waals surface area contributed by atoms with Crippen LogP contribution in [0, 0.1) is 5.92 Å². The van der Waals surface area contributed by atoms with Gasteiger partial charge in [0.25, 0.3) is 0 Å². The van der Waals surface area contributed by atoms with Crippen molar-refractivity contribution in [1.82, 2.24) is 9.78 Å². The van der Waals surface area contributed by atoms with E-state index < -0.39 is 0 Å². The summed E-state index contributed by atoms with van der Waals surface area (Å²) in [5.41, 5.74) is 2.28. The lowest BCUT2D eigenvalue weighted by Crippen LogP contribution is -2.28. The van der Waals surface area contributed by atoms with Gasteiger partial charge in [-0.3, -0.25) is 9.59 Å². The molecule has 1 N–H and O–H groups in total. The highest BCUT2D eigenvalue weighted by atomic mass is 16.2. The Bertz CT molecular complexity index is 922.